The fourth-order valence-electron chi connectivity index (χ4n) is 2.88. The molecule has 1 aliphatic rings. The zero-order valence-electron chi connectivity index (χ0n) is 18.8. The Kier molecular flexibility index (Phi) is 11.3. The number of azide groups is 1. The molecule has 0 saturated carbocycles. The van der Waals surface area contributed by atoms with Gasteiger partial charge >= 0.3 is 0 Å². The first kappa shape index (κ1) is 25.7. The van der Waals surface area contributed by atoms with E-state index in [1.807, 2.05) is 0 Å². The van der Waals surface area contributed by atoms with Crippen molar-refractivity contribution >= 4 is 17.9 Å². The van der Waals surface area contributed by atoms with Gasteiger partial charge in [0.2, 0.25) is 5.75 Å². The van der Waals surface area contributed by atoms with E-state index in [0.717, 1.165) is 0 Å². The summed E-state index contributed by atoms with van der Waals surface area (Å²) in [6.45, 7) is 2.32. The predicted octanol–water partition coefficient (Wildman–Crippen LogP) is 2.75. The van der Waals surface area contributed by atoms with Crippen LogP contribution in [-0.2, 0) is 19.1 Å². The minimum absolute atomic E-state index is 0.254. The molecule has 0 fully saturated rings. The van der Waals surface area contributed by atoms with Crippen molar-refractivity contribution in [1.29, 1.82) is 0 Å². The zero-order chi connectivity index (χ0) is 23.9. The summed E-state index contributed by atoms with van der Waals surface area (Å²) < 4.78 is 27.3. The van der Waals surface area contributed by atoms with Gasteiger partial charge in [-0.15, -0.1) is 0 Å². The third-order valence-corrected chi connectivity index (χ3v) is 4.46. The second-order valence-corrected chi connectivity index (χ2v) is 6.63. The van der Waals surface area contributed by atoms with Crippen LogP contribution < -0.4 is 14.2 Å². The Labute approximate surface area is 192 Å². The summed E-state index contributed by atoms with van der Waals surface area (Å²) >= 11 is 0. The number of methoxy groups -OCH3 is 2. The van der Waals surface area contributed by atoms with Crippen LogP contribution in [0.1, 0.15) is 12.0 Å². The van der Waals surface area contributed by atoms with E-state index in [1.54, 1.807) is 24.3 Å². The summed E-state index contributed by atoms with van der Waals surface area (Å²) in [5, 5.41) is 3.37. The molecule has 0 atom stereocenters. The number of rotatable bonds is 14. The maximum Gasteiger partial charge on any atom is 0.253 e. The van der Waals surface area contributed by atoms with Crippen LogP contribution in [0.2, 0.25) is 0 Å². The van der Waals surface area contributed by atoms with Crippen molar-refractivity contribution in [1.82, 2.24) is 4.90 Å². The molecule has 2 rings (SSSR count). The van der Waals surface area contributed by atoms with Gasteiger partial charge in [-0.1, -0.05) is 11.2 Å². The van der Waals surface area contributed by atoms with Crippen LogP contribution in [0.4, 0.5) is 0 Å². The highest BCUT2D eigenvalue weighted by Crippen LogP contribution is 2.39. The van der Waals surface area contributed by atoms with E-state index in [-0.39, 0.29) is 25.0 Å². The minimum atomic E-state index is -0.387. The van der Waals surface area contributed by atoms with Gasteiger partial charge in [-0.3, -0.25) is 14.5 Å². The Morgan fingerprint density at radius 1 is 1.12 bits per heavy atom. The van der Waals surface area contributed by atoms with E-state index < -0.39 is 0 Å². The molecule has 33 heavy (non-hydrogen) atoms. The molecular weight excluding hydrogens is 432 g/mol. The lowest BCUT2D eigenvalue weighted by Crippen LogP contribution is -2.37. The minimum Gasteiger partial charge on any atom is -0.493 e. The average molecular weight is 460 g/mol. The Morgan fingerprint density at radius 2 is 1.79 bits per heavy atom. The van der Waals surface area contributed by atoms with Crippen molar-refractivity contribution in [2.75, 3.05) is 60.3 Å². The number of carbonyl (C=O) groups is 2. The highest BCUT2D eigenvalue weighted by Gasteiger charge is 2.19. The van der Waals surface area contributed by atoms with Gasteiger partial charge in [0.1, 0.15) is 6.61 Å². The number of carbonyl (C=O) groups excluding carboxylic acids is 2. The zero-order valence-corrected chi connectivity index (χ0v) is 18.8. The molecule has 0 unspecified atom stereocenters. The molecule has 2 amide bonds. The van der Waals surface area contributed by atoms with Gasteiger partial charge in [-0.05, 0) is 41.8 Å². The van der Waals surface area contributed by atoms with Gasteiger partial charge in [0.05, 0.1) is 40.6 Å². The summed E-state index contributed by atoms with van der Waals surface area (Å²) in [6.07, 6.45) is 6.73. The first-order valence-electron chi connectivity index (χ1n) is 10.4. The van der Waals surface area contributed by atoms with E-state index in [4.69, 9.17) is 29.2 Å². The van der Waals surface area contributed by atoms with Crippen LogP contribution in [0.5, 0.6) is 17.2 Å². The number of ether oxygens (including phenoxy) is 5. The topological polar surface area (TPSA) is 132 Å². The first-order chi connectivity index (χ1) is 16.1. The molecular formula is C22H28N4O7. The lowest BCUT2D eigenvalue weighted by Gasteiger charge is -2.19. The molecule has 178 valence electrons. The Balaban J connectivity index is 1.89. The molecule has 1 aromatic carbocycles. The molecule has 0 aliphatic carbocycles. The Bertz CT molecular complexity index is 885. The van der Waals surface area contributed by atoms with Crippen LogP contribution >= 0.6 is 0 Å². The number of hydrogen-bond acceptors (Lipinski definition) is 8. The second-order valence-electron chi connectivity index (χ2n) is 6.63. The molecule has 1 aromatic rings. The number of amides is 2. The molecule has 0 spiro atoms. The van der Waals surface area contributed by atoms with Crippen LogP contribution in [0, 0.1) is 0 Å². The summed E-state index contributed by atoms with van der Waals surface area (Å²) in [4.78, 5) is 28.0. The number of hydrogen-bond donors (Lipinski definition) is 0. The summed E-state index contributed by atoms with van der Waals surface area (Å²) in [7, 11) is 3.01. The molecule has 0 radical (unpaired) electrons. The molecule has 11 heteroatoms. The van der Waals surface area contributed by atoms with Crippen molar-refractivity contribution in [2.24, 2.45) is 5.11 Å². The van der Waals surface area contributed by atoms with Gasteiger partial charge in [-0.2, -0.15) is 0 Å². The van der Waals surface area contributed by atoms with E-state index in [2.05, 4.69) is 10.0 Å². The molecule has 0 bridgehead atoms. The first-order valence-corrected chi connectivity index (χ1v) is 10.4. The molecule has 1 heterocycles. The second kappa shape index (κ2) is 14.5. The average Bonchev–Trinajstić information content (AvgIpc) is 2.83. The van der Waals surface area contributed by atoms with E-state index >= 15 is 0 Å². The highest BCUT2D eigenvalue weighted by molar-refractivity contribution is 6.06. The van der Waals surface area contributed by atoms with Crippen molar-refractivity contribution < 1.29 is 33.3 Å². The predicted molar refractivity (Wildman–Crippen MR) is 120 cm³/mol. The van der Waals surface area contributed by atoms with E-state index in [0.29, 0.717) is 62.2 Å². The number of nitrogens with zero attached hydrogens (tertiary/aromatic N) is 4. The fraction of sp³-hybridized carbons (Fsp3) is 0.455. The van der Waals surface area contributed by atoms with Gasteiger partial charge in [0, 0.05) is 24.1 Å². The van der Waals surface area contributed by atoms with E-state index in [1.165, 1.54) is 31.3 Å². The lowest BCUT2D eigenvalue weighted by molar-refractivity contribution is -0.139. The van der Waals surface area contributed by atoms with Gasteiger partial charge < -0.3 is 23.7 Å². The van der Waals surface area contributed by atoms with Crippen LogP contribution in [0.15, 0.2) is 35.5 Å². The van der Waals surface area contributed by atoms with Gasteiger partial charge in [0.25, 0.3) is 11.8 Å². The number of benzene rings is 1. The summed E-state index contributed by atoms with van der Waals surface area (Å²) in [5.74, 6) is 0.562. The normalized spacial score (nSPS) is 13.2. The third-order valence-electron chi connectivity index (χ3n) is 4.46. The standard InChI is InChI=1S/C22H28N4O7/c1-29-18-15-17(6-7-21(28)26-9-4-3-5-20(26)27)16-19(30-2)22(18)33-14-13-32-12-11-31-10-8-24-25-23/h3,5-7,15-16H,4,8-14H2,1-2H3/b7-6+. The largest absolute Gasteiger partial charge is 0.493 e. The maximum atomic E-state index is 12.3. The van der Waals surface area contributed by atoms with E-state index in [9.17, 15) is 9.59 Å². The Morgan fingerprint density at radius 3 is 2.42 bits per heavy atom. The maximum absolute atomic E-state index is 12.3. The summed E-state index contributed by atoms with van der Waals surface area (Å²) in [5.41, 5.74) is 8.82. The molecule has 0 N–H and O–H groups in total. The lowest BCUT2D eigenvalue weighted by atomic mass is 10.1. The van der Waals surface area contributed by atoms with Crippen LogP contribution in [0.3, 0.4) is 0 Å². The fourth-order valence-corrected chi connectivity index (χ4v) is 2.88. The smallest absolute Gasteiger partial charge is 0.253 e. The van der Waals surface area contributed by atoms with Gasteiger partial charge in [-0.25, -0.2) is 0 Å². The molecule has 0 aromatic heterocycles. The van der Waals surface area contributed by atoms with Crippen molar-refractivity contribution in [3.8, 4) is 17.2 Å². The third kappa shape index (κ3) is 8.49. The monoisotopic (exact) mass is 460 g/mol. The molecule has 11 nitrogen and oxygen atoms in total. The van der Waals surface area contributed by atoms with Crippen LogP contribution in [0.25, 0.3) is 16.5 Å². The highest BCUT2D eigenvalue weighted by atomic mass is 16.6. The SMILES string of the molecule is COc1cc(/C=C/C(=O)N2CCC=CC2=O)cc(OC)c1OCCOCCOCCN=[N+]=[N-]. The van der Waals surface area contributed by atoms with Gasteiger partial charge in [0.15, 0.2) is 11.5 Å². The van der Waals surface area contributed by atoms with Crippen molar-refractivity contribution in [3.63, 3.8) is 0 Å². The molecule has 1 aliphatic heterocycles. The van der Waals surface area contributed by atoms with Crippen LogP contribution in [-0.4, -0.2) is 77.1 Å². The summed E-state index contributed by atoms with van der Waals surface area (Å²) in [6, 6.07) is 3.41. The Hall–Kier alpha value is -3.53. The quantitative estimate of drug-likeness (QED) is 0.137. The van der Waals surface area contributed by atoms with Crippen molar-refractivity contribution in [3.05, 3.63) is 46.4 Å². The molecule has 0 saturated heterocycles. The van der Waals surface area contributed by atoms with Crippen molar-refractivity contribution in [2.45, 2.75) is 6.42 Å². The number of imide groups is 1.